The molecular weight excluding hydrogens is 244 g/mol. The van der Waals surface area contributed by atoms with Gasteiger partial charge in [0.05, 0.1) is 13.2 Å². The molecule has 0 saturated carbocycles. The fourth-order valence-corrected chi connectivity index (χ4v) is 1.23. The van der Waals surface area contributed by atoms with Gasteiger partial charge in [0, 0.05) is 13.1 Å². The van der Waals surface area contributed by atoms with E-state index in [0.29, 0.717) is 26.2 Å². The Kier molecular flexibility index (Phi) is 8.27. The molecule has 1 rings (SSSR count). The molecule has 0 spiro atoms. The van der Waals surface area contributed by atoms with E-state index in [2.05, 4.69) is 10.6 Å². The van der Waals surface area contributed by atoms with Gasteiger partial charge in [-0.05, 0) is 26.0 Å². The van der Waals surface area contributed by atoms with E-state index >= 15 is 0 Å². The van der Waals surface area contributed by atoms with Crippen LogP contribution in [0.5, 0.6) is 0 Å². The normalized spacial score (nSPS) is 9.53. The molecule has 1 aromatic rings. The molecule has 0 aliphatic carbocycles. The van der Waals surface area contributed by atoms with Crippen LogP contribution in [0.3, 0.4) is 0 Å². The van der Waals surface area contributed by atoms with Gasteiger partial charge >= 0.3 is 6.09 Å². The molecule has 1 aromatic heterocycles. The van der Waals surface area contributed by atoms with Crippen molar-refractivity contribution in [2.75, 3.05) is 19.7 Å². The molecule has 0 fully saturated rings. The Balaban J connectivity index is 0.00000256. The lowest BCUT2D eigenvalue weighted by Gasteiger charge is -2.05. The van der Waals surface area contributed by atoms with E-state index in [1.54, 1.807) is 6.92 Å². The summed E-state index contributed by atoms with van der Waals surface area (Å²) < 4.78 is 10.1. The Labute approximate surface area is 107 Å². The first-order chi connectivity index (χ1) is 7.72. The van der Waals surface area contributed by atoms with E-state index < -0.39 is 0 Å². The molecule has 0 atom stereocenters. The summed E-state index contributed by atoms with van der Waals surface area (Å²) in [5.74, 6) is 1.80. The van der Waals surface area contributed by atoms with Crippen molar-refractivity contribution >= 4 is 18.5 Å². The third kappa shape index (κ3) is 6.86. The molecule has 0 radical (unpaired) electrons. The fraction of sp³-hybridized carbons (Fsp3) is 0.545. The summed E-state index contributed by atoms with van der Waals surface area (Å²) in [6.45, 7) is 5.96. The van der Waals surface area contributed by atoms with Crippen LogP contribution in [0.15, 0.2) is 16.5 Å². The summed E-state index contributed by atoms with van der Waals surface area (Å²) >= 11 is 0. The monoisotopic (exact) mass is 262 g/mol. The number of aryl methyl sites for hydroxylation is 1. The number of carbonyl (C=O) groups is 1. The van der Waals surface area contributed by atoms with Gasteiger partial charge in [0.1, 0.15) is 11.5 Å². The average Bonchev–Trinajstić information content (AvgIpc) is 2.64. The molecule has 6 heteroatoms. The second-order valence-electron chi connectivity index (χ2n) is 3.34. The SMILES string of the molecule is CCOC(=O)NCCNCc1ccc(C)o1.Cl. The second kappa shape index (κ2) is 8.90. The topological polar surface area (TPSA) is 63.5 Å². The largest absolute Gasteiger partial charge is 0.465 e. The molecule has 0 aliphatic rings. The Morgan fingerprint density at radius 3 is 2.76 bits per heavy atom. The van der Waals surface area contributed by atoms with Gasteiger partial charge in [-0.2, -0.15) is 0 Å². The minimum atomic E-state index is -0.377. The van der Waals surface area contributed by atoms with Crippen molar-refractivity contribution in [3.8, 4) is 0 Å². The number of hydrogen-bond donors (Lipinski definition) is 2. The quantitative estimate of drug-likeness (QED) is 0.768. The first kappa shape index (κ1) is 15.8. The molecule has 1 amide bonds. The van der Waals surface area contributed by atoms with Gasteiger partial charge < -0.3 is 19.8 Å². The second-order valence-corrected chi connectivity index (χ2v) is 3.34. The Morgan fingerprint density at radius 2 is 2.18 bits per heavy atom. The van der Waals surface area contributed by atoms with E-state index in [0.717, 1.165) is 11.5 Å². The van der Waals surface area contributed by atoms with Crippen molar-refractivity contribution in [3.63, 3.8) is 0 Å². The number of ether oxygens (including phenoxy) is 1. The summed E-state index contributed by atoms with van der Waals surface area (Å²) in [6, 6.07) is 3.86. The van der Waals surface area contributed by atoms with E-state index in [4.69, 9.17) is 9.15 Å². The number of rotatable bonds is 6. The van der Waals surface area contributed by atoms with Crippen molar-refractivity contribution in [3.05, 3.63) is 23.7 Å². The Morgan fingerprint density at radius 1 is 1.41 bits per heavy atom. The van der Waals surface area contributed by atoms with E-state index in [-0.39, 0.29) is 18.5 Å². The number of halogens is 1. The lowest BCUT2D eigenvalue weighted by Crippen LogP contribution is -2.31. The standard InChI is InChI=1S/C11H18N2O3.ClH/c1-3-15-11(14)13-7-6-12-8-10-5-4-9(2)16-10;/h4-5,12H,3,6-8H2,1-2H3,(H,13,14);1H. The van der Waals surface area contributed by atoms with Crippen LogP contribution in [-0.4, -0.2) is 25.8 Å². The van der Waals surface area contributed by atoms with Crippen LogP contribution in [0.25, 0.3) is 0 Å². The van der Waals surface area contributed by atoms with E-state index in [1.807, 2.05) is 19.1 Å². The van der Waals surface area contributed by atoms with Gasteiger partial charge in [0.25, 0.3) is 0 Å². The van der Waals surface area contributed by atoms with Crippen LogP contribution in [0, 0.1) is 6.92 Å². The fourth-order valence-electron chi connectivity index (χ4n) is 1.23. The zero-order valence-corrected chi connectivity index (χ0v) is 10.9. The van der Waals surface area contributed by atoms with Crippen LogP contribution >= 0.6 is 12.4 Å². The highest BCUT2D eigenvalue weighted by Crippen LogP contribution is 2.04. The third-order valence-corrected chi connectivity index (χ3v) is 1.94. The predicted molar refractivity (Wildman–Crippen MR) is 67.4 cm³/mol. The zero-order valence-electron chi connectivity index (χ0n) is 10.1. The van der Waals surface area contributed by atoms with Crippen molar-refractivity contribution in [1.29, 1.82) is 0 Å². The number of furan rings is 1. The van der Waals surface area contributed by atoms with Gasteiger partial charge in [-0.1, -0.05) is 0 Å². The zero-order chi connectivity index (χ0) is 11.8. The molecule has 0 aromatic carbocycles. The van der Waals surface area contributed by atoms with Gasteiger partial charge in [0.2, 0.25) is 0 Å². The first-order valence-electron chi connectivity index (χ1n) is 5.39. The van der Waals surface area contributed by atoms with Gasteiger partial charge in [-0.15, -0.1) is 12.4 Å². The number of alkyl carbamates (subject to hydrolysis) is 1. The lowest BCUT2D eigenvalue weighted by atomic mass is 10.4. The molecule has 98 valence electrons. The van der Waals surface area contributed by atoms with Crippen molar-refractivity contribution < 1.29 is 13.9 Å². The van der Waals surface area contributed by atoms with Gasteiger partial charge in [-0.3, -0.25) is 0 Å². The summed E-state index contributed by atoms with van der Waals surface area (Å²) in [5, 5.41) is 5.77. The minimum Gasteiger partial charge on any atom is -0.465 e. The maximum Gasteiger partial charge on any atom is 0.407 e. The third-order valence-electron chi connectivity index (χ3n) is 1.94. The van der Waals surface area contributed by atoms with Crippen LogP contribution in [0.1, 0.15) is 18.4 Å². The lowest BCUT2D eigenvalue weighted by molar-refractivity contribution is 0.152. The molecule has 2 N–H and O–H groups in total. The summed E-state index contributed by atoms with van der Waals surface area (Å²) in [6.07, 6.45) is -0.377. The Hall–Kier alpha value is -1.20. The molecule has 5 nitrogen and oxygen atoms in total. The molecule has 0 aliphatic heterocycles. The average molecular weight is 263 g/mol. The highest BCUT2D eigenvalue weighted by atomic mass is 35.5. The highest BCUT2D eigenvalue weighted by molar-refractivity contribution is 5.85. The maximum atomic E-state index is 10.9. The number of amides is 1. The first-order valence-corrected chi connectivity index (χ1v) is 5.39. The van der Waals surface area contributed by atoms with Crippen LogP contribution in [0.4, 0.5) is 4.79 Å². The van der Waals surface area contributed by atoms with Crippen molar-refractivity contribution in [2.45, 2.75) is 20.4 Å². The van der Waals surface area contributed by atoms with Gasteiger partial charge in [-0.25, -0.2) is 4.79 Å². The summed E-state index contributed by atoms with van der Waals surface area (Å²) in [4.78, 5) is 10.9. The molecule has 17 heavy (non-hydrogen) atoms. The summed E-state index contributed by atoms with van der Waals surface area (Å²) in [5.41, 5.74) is 0. The Bertz CT molecular complexity index is 328. The number of nitrogens with one attached hydrogen (secondary N) is 2. The van der Waals surface area contributed by atoms with E-state index in [1.165, 1.54) is 0 Å². The predicted octanol–water partition coefficient (Wildman–Crippen LogP) is 1.85. The number of hydrogen-bond acceptors (Lipinski definition) is 4. The van der Waals surface area contributed by atoms with Crippen molar-refractivity contribution in [2.24, 2.45) is 0 Å². The van der Waals surface area contributed by atoms with Crippen LogP contribution < -0.4 is 10.6 Å². The highest BCUT2D eigenvalue weighted by Gasteiger charge is 1.99. The van der Waals surface area contributed by atoms with Crippen LogP contribution in [0.2, 0.25) is 0 Å². The van der Waals surface area contributed by atoms with Crippen LogP contribution in [-0.2, 0) is 11.3 Å². The smallest absolute Gasteiger partial charge is 0.407 e. The maximum absolute atomic E-state index is 10.9. The molecular formula is C11H19ClN2O3. The van der Waals surface area contributed by atoms with Gasteiger partial charge in [0.15, 0.2) is 0 Å². The summed E-state index contributed by atoms with van der Waals surface area (Å²) in [7, 11) is 0. The molecule has 0 saturated heterocycles. The molecule has 0 unspecified atom stereocenters. The van der Waals surface area contributed by atoms with E-state index in [9.17, 15) is 4.79 Å². The molecule has 1 heterocycles. The minimum absolute atomic E-state index is 0. The van der Waals surface area contributed by atoms with Crippen molar-refractivity contribution in [1.82, 2.24) is 10.6 Å². The molecule has 0 bridgehead atoms. The number of carbonyl (C=O) groups excluding carboxylic acids is 1.